The van der Waals surface area contributed by atoms with Gasteiger partial charge in [0.05, 0.1) is 12.7 Å². The quantitative estimate of drug-likeness (QED) is 0.0399. The van der Waals surface area contributed by atoms with Gasteiger partial charge in [0.2, 0.25) is 0 Å². The minimum absolute atomic E-state index is 0.0629. The van der Waals surface area contributed by atoms with Crippen molar-refractivity contribution >= 4 is 17.9 Å². The van der Waals surface area contributed by atoms with Crippen LogP contribution in [-0.2, 0) is 28.6 Å². The van der Waals surface area contributed by atoms with Crippen LogP contribution in [0.25, 0.3) is 0 Å². The molecule has 1 heterocycles. The first kappa shape index (κ1) is 46.3. The van der Waals surface area contributed by atoms with E-state index in [1.165, 1.54) is 51.4 Å². The van der Waals surface area contributed by atoms with Crippen molar-refractivity contribution in [3.05, 3.63) is 0 Å². The smallest absolute Gasteiger partial charge is 0.306 e. The Bertz CT molecular complexity index is 830. The predicted molar refractivity (Wildman–Crippen MR) is 203 cm³/mol. The number of β-amino-alcohol motifs (C(OH)–C–C–N with tert-alkyl or cyclic N) is 1. The molecule has 0 aromatic carbocycles. The van der Waals surface area contributed by atoms with E-state index in [4.69, 9.17) is 14.2 Å². The molecule has 2 unspecified atom stereocenters. The normalized spacial score (nSPS) is 15.5. The molecule has 1 N–H and O–H groups in total. The molecular formula is C41H78N2O7. The molecule has 2 atom stereocenters. The number of likely N-dealkylation sites (tertiary alicyclic amines) is 1. The van der Waals surface area contributed by atoms with Crippen LogP contribution in [0.3, 0.4) is 0 Å². The minimum Gasteiger partial charge on any atom is -0.465 e. The highest BCUT2D eigenvalue weighted by Crippen LogP contribution is 2.20. The van der Waals surface area contributed by atoms with E-state index in [0.717, 1.165) is 103 Å². The van der Waals surface area contributed by atoms with Crippen LogP contribution >= 0.6 is 0 Å². The van der Waals surface area contributed by atoms with Gasteiger partial charge in [-0.3, -0.25) is 24.2 Å². The number of unbranched alkanes of at least 4 members (excludes halogenated alkanes) is 12. The molecule has 1 fully saturated rings. The van der Waals surface area contributed by atoms with Gasteiger partial charge in [0.15, 0.2) is 0 Å². The maximum Gasteiger partial charge on any atom is 0.306 e. The van der Waals surface area contributed by atoms with Crippen molar-refractivity contribution < 1.29 is 33.7 Å². The van der Waals surface area contributed by atoms with Crippen LogP contribution < -0.4 is 0 Å². The van der Waals surface area contributed by atoms with Crippen LogP contribution in [0.4, 0.5) is 0 Å². The van der Waals surface area contributed by atoms with Gasteiger partial charge in [-0.2, -0.15) is 0 Å². The van der Waals surface area contributed by atoms with Gasteiger partial charge in [0, 0.05) is 52.0 Å². The Balaban J connectivity index is 2.66. The molecule has 0 radical (unpaired) electrons. The number of ether oxygens (including phenoxy) is 3. The molecule has 0 bridgehead atoms. The van der Waals surface area contributed by atoms with E-state index in [9.17, 15) is 19.5 Å². The molecule has 0 amide bonds. The van der Waals surface area contributed by atoms with Gasteiger partial charge in [-0.25, -0.2) is 0 Å². The topological polar surface area (TPSA) is 106 Å². The number of aliphatic hydroxyl groups is 1. The lowest BCUT2D eigenvalue weighted by Gasteiger charge is -2.29. The Morgan fingerprint density at radius 3 is 1.74 bits per heavy atom. The molecule has 50 heavy (non-hydrogen) atoms. The van der Waals surface area contributed by atoms with Crippen molar-refractivity contribution in [1.82, 2.24) is 9.80 Å². The maximum atomic E-state index is 12.7. The van der Waals surface area contributed by atoms with Crippen molar-refractivity contribution in [2.75, 3.05) is 52.5 Å². The second kappa shape index (κ2) is 32.0. The summed E-state index contributed by atoms with van der Waals surface area (Å²) in [4.78, 5) is 42.4. The van der Waals surface area contributed by atoms with Gasteiger partial charge < -0.3 is 19.3 Å². The lowest BCUT2D eigenvalue weighted by Crippen LogP contribution is -2.42. The first-order chi connectivity index (χ1) is 24.3. The number of hydrogen-bond acceptors (Lipinski definition) is 9. The summed E-state index contributed by atoms with van der Waals surface area (Å²) in [5.74, 6) is -0.0929. The van der Waals surface area contributed by atoms with E-state index in [1.807, 2.05) is 0 Å². The highest BCUT2D eigenvalue weighted by Gasteiger charge is 2.24. The fourth-order valence-electron chi connectivity index (χ4n) is 6.64. The van der Waals surface area contributed by atoms with E-state index in [2.05, 4.69) is 37.5 Å². The molecule has 9 heteroatoms. The van der Waals surface area contributed by atoms with Crippen LogP contribution in [0.5, 0.6) is 0 Å². The van der Waals surface area contributed by atoms with Gasteiger partial charge in [-0.05, 0) is 57.4 Å². The Morgan fingerprint density at radius 1 is 0.660 bits per heavy atom. The lowest BCUT2D eigenvalue weighted by molar-refractivity contribution is -0.160. The van der Waals surface area contributed by atoms with Crippen LogP contribution in [0.2, 0.25) is 0 Å². The average molecular weight is 711 g/mol. The van der Waals surface area contributed by atoms with Crippen LogP contribution in [0, 0.1) is 5.92 Å². The van der Waals surface area contributed by atoms with Crippen LogP contribution in [0.1, 0.15) is 175 Å². The van der Waals surface area contributed by atoms with E-state index < -0.39 is 6.10 Å². The zero-order valence-electron chi connectivity index (χ0n) is 32.9. The van der Waals surface area contributed by atoms with Crippen molar-refractivity contribution in [2.45, 2.75) is 188 Å². The SMILES string of the molecule is CCCCCCC(CCCCCC)COC(=O)CCCCCN(CCN1CCC(O)C1)CC(COC(=O)CCCCC)OC(=O)CCCCC. The second-order valence-corrected chi connectivity index (χ2v) is 14.8. The summed E-state index contributed by atoms with van der Waals surface area (Å²) in [6, 6.07) is 0. The molecule has 1 aliphatic heterocycles. The molecule has 9 nitrogen and oxygen atoms in total. The van der Waals surface area contributed by atoms with E-state index in [-0.39, 0.29) is 30.6 Å². The summed E-state index contributed by atoms with van der Waals surface area (Å²) in [6.45, 7) is 13.7. The number of nitrogens with zero attached hydrogens (tertiary/aromatic N) is 2. The maximum absolute atomic E-state index is 12.7. The number of hydrogen-bond donors (Lipinski definition) is 1. The third-order valence-electron chi connectivity index (χ3n) is 9.91. The van der Waals surface area contributed by atoms with E-state index in [0.29, 0.717) is 44.9 Å². The molecule has 0 aromatic heterocycles. The van der Waals surface area contributed by atoms with Crippen LogP contribution in [-0.4, -0.2) is 97.5 Å². The molecule has 0 aromatic rings. The van der Waals surface area contributed by atoms with Crippen molar-refractivity contribution in [3.8, 4) is 0 Å². The van der Waals surface area contributed by atoms with Gasteiger partial charge in [-0.1, -0.05) is 111 Å². The molecule has 0 spiro atoms. The summed E-state index contributed by atoms with van der Waals surface area (Å²) in [5, 5.41) is 10.0. The molecular weight excluding hydrogens is 632 g/mol. The van der Waals surface area contributed by atoms with Gasteiger partial charge in [0.1, 0.15) is 12.7 Å². The monoisotopic (exact) mass is 711 g/mol. The lowest BCUT2D eigenvalue weighted by atomic mass is 9.95. The largest absolute Gasteiger partial charge is 0.465 e. The Hall–Kier alpha value is -1.71. The molecule has 1 aliphatic rings. The molecule has 1 rings (SSSR count). The fourth-order valence-corrected chi connectivity index (χ4v) is 6.64. The molecule has 1 saturated heterocycles. The third kappa shape index (κ3) is 26.1. The van der Waals surface area contributed by atoms with Gasteiger partial charge in [0.25, 0.3) is 0 Å². The number of carbonyl (C=O) groups is 3. The van der Waals surface area contributed by atoms with Crippen molar-refractivity contribution in [2.24, 2.45) is 5.92 Å². The molecule has 0 aliphatic carbocycles. The van der Waals surface area contributed by atoms with Crippen molar-refractivity contribution in [1.29, 1.82) is 0 Å². The Kier molecular flexibility index (Phi) is 29.6. The number of aliphatic hydroxyl groups excluding tert-OH is 1. The summed E-state index contributed by atoms with van der Waals surface area (Å²) in [5.41, 5.74) is 0. The first-order valence-corrected chi connectivity index (χ1v) is 20.9. The summed E-state index contributed by atoms with van der Waals surface area (Å²) in [7, 11) is 0. The first-order valence-electron chi connectivity index (χ1n) is 20.9. The van der Waals surface area contributed by atoms with Gasteiger partial charge >= 0.3 is 17.9 Å². The summed E-state index contributed by atoms with van der Waals surface area (Å²) in [6.07, 6.45) is 21.7. The third-order valence-corrected chi connectivity index (χ3v) is 9.91. The van der Waals surface area contributed by atoms with E-state index in [1.54, 1.807) is 0 Å². The fraction of sp³-hybridized carbons (Fsp3) is 0.927. The predicted octanol–water partition coefficient (Wildman–Crippen LogP) is 8.63. The zero-order chi connectivity index (χ0) is 36.7. The summed E-state index contributed by atoms with van der Waals surface area (Å²) >= 11 is 0. The highest BCUT2D eigenvalue weighted by atomic mass is 16.6. The average Bonchev–Trinajstić information content (AvgIpc) is 3.52. The summed E-state index contributed by atoms with van der Waals surface area (Å²) < 4.78 is 17.3. The Morgan fingerprint density at radius 2 is 1.18 bits per heavy atom. The van der Waals surface area contributed by atoms with E-state index >= 15 is 0 Å². The molecule has 294 valence electrons. The van der Waals surface area contributed by atoms with Crippen LogP contribution in [0.15, 0.2) is 0 Å². The van der Waals surface area contributed by atoms with Gasteiger partial charge in [-0.15, -0.1) is 0 Å². The highest BCUT2D eigenvalue weighted by molar-refractivity contribution is 5.70. The van der Waals surface area contributed by atoms with Crippen molar-refractivity contribution in [3.63, 3.8) is 0 Å². The molecule has 0 saturated carbocycles. The number of esters is 3. The minimum atomic E-state index is -0.532. The Labute approximate surface area is 306 Å². The number of carbonyl (C=O) groups excluding carboxylic acids is 3. The zero-order valence-corrected chi connectivity index (χ0v) is 32.9. The number of rotatable bonds is 34. The standard InChI is InChI=1S/C41H78N2O7/c1-5-9-13-18-22-36(23-19-14-10-6-2)34-48-39(45)25-20-15-21-28-42(30-31-43-29-27-37(44)32-43)33-38(50-41(47)26-17-12-8-4)35-49-40(46)24-16-11-7-3/h36-38,44H,5-35H2,1-4H3. The second-order valence-electron chi connectivity index (χ2n) is 14.8.